The topological polar surface area (TPSA) is 127 Å². The maximum Gasteiger partial charge on any atom is 0.490 e. The van der Waals surface area contributed by atoms with E-state index in [1.807, 2.05) is 13.0 Å². The van der Waals surface area contributed by atoms with E-state index in [9.17, 15) is 31.5 Å². The molecule has 0 spiro atoms. The number of aliphatic carboxylic acids is 1. The molecule has 0 aliphatic carbocycles. The predicted molar refractivity (Wildman–Crippen MR) is 154 cm³/mol. The lowest BCUT2D eigenvalue weighted by molar-refractivity contribution is -0.192. The van der Waals surface area contributed by atoms with E-state index in [1.54, 1.807) is 31.2 Å². The summed E-state index contributed by atoms with van der Waals surface area (Å²) in [5.41, 5.74) is 2.61. The van der Waals surface area contributed by atoms with Crippen LogP contribution < -0.4 is 9.62 Å². The smallest absolute Gasteiger partial charge is 0.478 e. The number of nitrogens with one attached hydrogen (secondary N) is 1. The number of hydrogen-bond donors (Lipinski definition) is 3. The Kier molecular flexibility index (Phi) is 11.2. The van der Waals surface area contributed by atoms with E-state index in [-0.39, 0.29) is 10.5 Å². The molecule has 232 valence electrons. The normalized spacial score (nSPS) is 16.8. The Morgan fingerprint density at radius 1 is 0.952 bits per heavy atom. The van der Waals surface area contributed by atoms with E-state index < -0.39 is 28.1 Å². The van der Waals surface area contributed by atoms with E-state index in [1.165, 1.54) is 51.4 Å². The number of rotatable bonds is 8. The molecule has 0 unspecified atom stereocenters. The fraction of sp³-hybridized carbons (Fsp3) is 0.517. The SMILES string of the molecule is Cc1ccc(C)c(S(=O)(=O)Nc2cc(C(=O)O)ccc2N2CCC(CCN3CCCCC3)CC2)c1.O=C(O)C(F)(F)F. The summed E-state index contributed by atoms with van der Waals surface area (Å²) < 4.78 is 61.0. The summed E-state index contributed by atoms with van der Waals surface area (Å²) in [5.74, 6) is -3.17. The van der Waals surface area contributed by atoms with Crippen LogP contribution in [-0.2, 0) is 14.8 Å². The minimum atomic E-state index is -5.08. The number of nitrogens with zero attached hydrogens (tertiary/aromatic N) is 2. The van der Waals surface area contributed by atoms with Crippen LogP contribution >= 0.6 is 0 Å². The molecule has 0 saturated carbocycles. The van der Waals surface area contributed by atoms with Crippen molar-refractivity contribution in [2.75, 3.05) is 42.3 Å². The molecule has 9 nitrogen and oxygen atoms in total. The van der Waals surface area contributed by atoms with Gasteiger partial charge in [-0.2, -0.15) is 13.2 Å². The van der Waals surface area contributed by atoms with E-state index >= 15 is 0 Å². The Morgan fingerprint density at radius 2 is 1.57 bits per heavy atom. The first-order valence-electron chi connectivity index (χ1n) is 13.9. The van der Waals surface area contributed by atoms with Crippen molar-refractivity contribution in [3.63, 3.8) is 0 Å². The van der Waals surface area contributed by atoms with Gasteiger partial charge in [-0.05, 0) is 107 Å². The van der Waals surface area contributed by atoms with Gasteiger partial charge in [-0.15, -0.1) is 0 Å². The molecule has 2 aliphatic heterocycles. The minimum Gasteiger partial charge on any atom is -0.478 e. The fourth-order valence-corrected chi connectivity index (χ4v) is 6.63. The van der Waals surface area contributed by atoms with Crippen LogP contribution in [0.25, 0.3) is 0 Å². The van der Waals surface area contributed by atoms with Gasteiger partial charge in [0, 0.05) is 13.1 Å². The highest BCUT2D eigenvalue weighted by molar-refractivity contribution is 7.92. The number of anilines is 2. The lowest BCUT2D eigenvalue weighted by Crippen LogP contribution is -2.36. The minimum absolute atomic E-state index is 0.0591. The zero-order valence-corrected chi connectivity index (χ0v) is 24.6. The number of carbonyl (C=O) groups is 2. The predicted octanol–water partition coefficient (Wildman–Crippen LogP) is 5.53. The lowest BCUT2D eigenvalue weighted by atomic mass is 9.92. The van der Waals surface area contributed by atoms with Crippen molar-refractivity contribution in [2.45, 2.75) is 63.4 Å². The number of piperidine rings is 2. The molecule has 2 aromatic rings. The van der Waals surface area contributed by atoms with E-state index in [4.69, 9.17) is 9.90 Å². The average Bonchev–Trinajstić information content (AvgIpc) is 2.93. The van der Waals surface area contributed by atoms with E-state index in [0.717, 1.165) is 37.2 Å². The molecule has 2 heterocycles. The molecular weight excluding hydrogens is 575 g/mol. The quantitative estimate of drug-likeness (QED) is 0.355. The summed E-state index contributed by atoms with van der Waals surface area (Å²) >= 11 is 0. The van der Waals surface area contributed by atoms with Gasteiger partial charge in [-0.1, -0.05) is 18.6 Å². The number of hydrogen-bond acceptors (Lipinski definition) is 6. The third-order valence-corrected chi connectivity index (χ3v) is 9.13. The number of likely N-dealkylation sites (tertiary alicyclic amines) is 1. The Morgan fingerprint density at radius 3 is 2.14 bits per heavy atom. The molecule has 0 aromatic heterocycles. The van der Waals surface area contributed by atoms with Crippen LogP contribution in [-0.4, -0.2) is 74.4 Å². The van der Waals surface area contributed by atoms with Gasteiger partial charge < -0.3 is 20.0 Å². The van der Waals surface area contributed by atoms with Gasteiger partial charge >= 0.3 is 18.1 Å². The first-order chi connectivity index (χ1) is 19.7. The number of benzene rings is 2. The molecule has 2 fully saturated rings. The van der Waals surface area contributed by atoms with Crippen LogP contribution in [0.3, 0.4) is 0 Å². The van der Waals surface area contributed by atoms with Crippen LogP contribution in [0.5, 0.6) is 0 Å². The first-order valence-corrected chi connectivity index (χ1v) is 15.4. The van der Waals surface area contributed by atoms with Crippen LogP contribution in [0.15, 0.2) is 41.3 Å². The third-order valence-electron chi connectivity index (χ3n) is 7.62. The van der Waals surface area contributed by atoms with Gasteiger partial charge in [0.15, 0.2) is 0 Å². The molecule has 2 aliphatic rings. The number of alkyl halides is 3. The highest BCUT2D eigenvalue weighted by Gasteiger charge is 2.38. The molecule has 0 bridgehead atoms. The van der Waals surface area contributed by atoms with E-state index in [0.29, 0.717) is 17.2 Å². The molecular formula is C29H38F3N3O6S. The molecule has 0 amide bonds. The van der Waals surface area contributed by atoms with Gasteiger partial charge in [0.2, 0.25) is 0 Å². The Hall–Kier alpha value is -3.32. The zero-order valence-electron chi connectivity index (χ0n) is 23.8. The molecule has 42 heavy (non-hydrogen) atoms. The highest BCUT2D eigenvalue weighted by atomic mass is 32.2. The summed E-state index contributed by atoms with van der Waals surface area (Å²) in [6, 6.07) is 10.0. The van der Waals surface area contributed by atoms with Crippen LogP contribution in [0.1, 0.15) is 60.0 Å². The van der Waals surface area contributed by atoms with Crippen molar-refractivity contribution >= 4 is 33.3 Å². The molecule has 13 heteroatoms. The van der Waals surface area contributed by atoms with Crippen molar-refractivity contribution in [3.8, 4) is 0 Å². The molecule has 0 radical (unpaired) electrons. The molecule has 2 saturated heterocycles. The molecule has 0 atom stereocenters. The zero-order chi connectivity index (χ0) is 31.1. The standard InChI is InChI=1S/C27H37N3O4S.C2HF3O2/c1-20-6-7-21(2)26(18-20)35(33,34)28-24-19-23(27(31)32)8-9-25(24)30-16-11-22(12-17-30)10-15-29-13-4-3-5-14-29;3-2(4,5)1(6)7/h6-9,18-19,22,28H,3-5,10-17H2,1-2H3,(H,31,32);(H,6,7). The van der Waals surface area contributed by atoms with Crippen molar-refractivity contribution in [2.24, 2.45) is 5.92 Å². The van der Waals surface area contributed by atoms with Crippen LogP contribution in [0, 0.1) is 19.8 Å². The largest absolute Gasteiger partial charge is 0.490 e. The van der Waals surface area contributed by atoms with Gasteiger partial charge in [0.1, 0.15) is 0 Å². The first kappa shape index (κ1) is 33.2. The summed E-state index contributed by atoms with van der Waals surface area (Å²) in [5, 5.41) is 16.6. The number of carboxylic acids is 2. The molecule has 4 rings (SSSR count). The van der Waals surface area contributed by atoms with E-state index in [2.05, 4.69) is 14.5 Å². The van der Waals surface area contributed by atoms with Gasteiger partial charge in [0.25, 0.3) is 10.0 Å². The fourth-order valence-electron chi connectivity index (χ4n) is 5.23. The van der Waals surface area contributed by atoms with Crippen molar-refractivity contribution in [1.29, 1.82) is 0 Å². The number of halogens is 3. The van der Waals surface area contributed by atoms with Crippen molar-refractivity contribution in [1.82, 2.24) is 4.90 Å². The number of aryl methyl sites for hydroxylation is 2. The monoisotopic (exact) mass is 613 g/mol. The maximum atomic E-state index is 13.3. The number of aromatic carboxylic acids is 1. The van der Waals surface area contributed by atoms with Crippen molar-refractivity contribution in [3.05, 3.63) is 53.1 Å². The van der Waals surface area contributed by atoms with Gasteiger partial charge in [-0.25, -0.2) is 18.0 Å². The van der Waals surface area contributed by atoms with Gasteiger partial charge in [-0.3, -0.25) is 4.72 Å². The Balaban J connectivity index is 0.000000616. The number of carboxylic acid groups (broad SMARTS) is 2. The molecule has 2 aromatic carbocycles. The summed E-state index contributed by atoms with van der Waals surface area (Å²) in [4.78, 5) is 25.5. The maximum absolute atomic E-state index is 13.3. The average molecular weight is 614 g/mol. The Labute approximate surface area is 244 Å². The van der Waals surface area contributed by atoms with Gasteiger partial charge in [0.05, 0.1) is 21.8 Å². The third kappa shape index (κ3) is 9.35. The van der Waals surface area contributed by atoms with Crippen LogP contribution in [0.4, 0.5) is 24.5 Å². The summed E-state index contributed by atoms with van der Waals surface area (Å²) in [6.07, 6.45) is 2.20. The second-order valence-corrected chi connectivity index (χ2v) is 12.5. The van der Waals surface area contributed by atoms with Crippen molar-refractivity contribution < 1.29 is 41.4 Å². The number of sulfonamides is 1. The summed E-state index contributed by atoms with van der Waals surface area (Å²) in [6.45, 7) is 8.88. The molecule has 3 N–H and O–H groups in total. The van der Waals surface area contributed by atoms with Crippen LogP contribution in [0.2, 0.25) is 0 Å². The summed E-state index contributed by atoms with van der Waals surface area (Å²) in [7, 11) is -3.88. The lowest BCUT2D eigenvalue weighted by Gasteiger charge is -2.36. The Bertz CT molecular complexity index is 1350. The highest BCUT2D eigenvalue weighted by Crippen LogP contribution is 2.34. The second-order valence-electron chi connectivity index (χ2n) is 10.8. The second kappa shape index (κ2) is 14.2.